The van der Waals surface area contributed by atoms with Crippen molar-refractivity contribution in [3.8, 4) is 0 Å². The Morgan fingerprint density at radius 2 is 1.76 bits per heavy atom. The molecule has 1 unspecified atom stereocenters. The molecule has 0 aliphatic carbocycles. The molecule has 2 aliphatic heterocycles. The molecule has 2 fully saturated rings. The van der Waals surface area contributed by atoms with Crippen LogP contribution in [-0.2, 0) is 13.1 Å². The number of hydrogen-bond donors (Lipinski definition) is 2. The van der Waals surface area contributed by atoms with E-state index in [1.54, 1.807) is 0 Å². The van der Waals surface area contributed by atoms with Gasteiger partial charge >= 0.3 is 0 Å². The molecule has 2 heterocycles. The van der Waals surface area contributed by atoms with Gasteiger partial charge in [-0.3, -0.25) is 9.89 Å². The Labute approximate surface area is 178 Å². The van der Waals surface area contributed by atoms with Crippen LogP contribution in [-0.4, -0.2) is 61.6 Å². The highest BCUT2D eigenvalue weighted by Crippen LogP contribution is 2.18. The highest BCUT2D eigenvalue weighted by atomic mass is 15.2. The van der Waals surface area contributed by atoms with E-state index in [4.69, 9.17) is 0 Å². The van der Waals surface area contributed by atoms with Crippen molar-refractivity contribution < 1.29 is 0 Å². The van der Waals surface area contributed by atoms with Crippen LogP contribution in [0.3, 0.4) is 0 Å². The van der Waals surface area contributed by atoms with Gasteiger partial charge in [0.25, 0.3) is 0 Å². The molecule has 5 heteroatoms. The summed E-state index contributed by atoms with van der Waals surface area (Å²) in [4.78, 5) is 9.59. The summed E-state index contributed by atoms with van der Waals surface area (Å²) in [6, 6.07) is 9.62. The van der Waals surface area contributed by atoms with Crippen LogP contribution in [0.2, 0.25) is 0 Å². The molecule has 0 spiro atoms. The van der Waals surface area contributed by atoms with E-state index in [1.165, 1.54) is 76.0 Å². The number of hydrogen-bond acceptors (Lipinski definition) is 3. The lowest BCUT2D eigenvalue weighted by atomic mass is 9.99. The molecule has 0 radical (unpaired) electrons. The number of rotatable bonds is 7. The number of benzene rings is 1. The lowest BCUT2D eigenvalue weighted by molar-refractivity contribution is 0.176. The van der Waals surface area contributed by atoms with Crippen LogP contribution in [0, 0.1) is 5.92 Å². The monoisotopic (exact) mass is 399 g/mol. The third kappa shape index (κ3) is 7.31. The third-order valence-corrected chi connectivity index (χ3v) is 6.32. The highest BCUT2D eigenvalue weighted by Gasteiger charge is 2.19. The molecule has 1 atom stereocenters. The Bertz CT molecular complexity index is 619. The fraction of sp³-hybridized carbons (Fsp3) is 0.708. The predicted molar refractivity (Wildman–Crippen MR) is 123 cm³/mol. The summed E-state index contributed by atoms with van der Waals surface area (Å²) in [6.07, 6.45) is 6.37. The van der Waals surface area contributed by atoms with Crippen molar-refractivity contribution in [3.05, 3.63) is 35.4 Å². The van der Waals surface area contributed by atoms with Crippen molar-refractivity contribution in [3.63, 3.8) is 0 Å². The van der Waals surface area contributed by atoms with Gasteiger partial charge in [-0.2, -0.15) is 0 Å². The molecular formula is C24H41N5. The maximum Gasteiger partial charge on any atom is 0.191 e. The van der Waals surface area contributed by atoms with Gasteiger partial charge in [-0.25, -0.2) is 0 Å². The smallest absolute Gasteiger partial charge is 0.191 e. The number of guanidine groups is 1. The summed E-state index contributed by atoms with van der Waals surface area (Å²) in [5.41, 5.74) is 2.73. The number of nitrogens with one attached hydrogen (secondary N) is 2. The number of nitrogens with zero attached hydrogens (tertiary/aromatic N) is 3. The zero-order valence-electron chi connectivity index (χ0n) is 18.8. The lowest BCUT2D eigenvalue weighted by Gasteiger charge is -2.32. The van der Waals surface area contributed by atoms with Crippen LogP contribution < -0.4 is 10.6 Å². The molecule has 0 aromatic heterocycles. The van der Waals surface area contributed by atoms with Gasteiger partial charge in [0.2, 0.25) is 0 Å². The predicted octanol–water partition coefficient (Wildman–Crippen LogP) is 3.46. The van der Waals surface area contributed by atoms with Crippen molar-refractivity contribution in [2.75, 3.05) is 39.8 Å². The first-order chi connectivity index (χ1) is 14.2. The summed E-state index contributed by atoms with van der Waals surface area (Å²) < 4.78 is 0. The number of likely N-dealkylation sites (tertiary alicyclic amines) is 2. The Morgan fingerprint density at radius 3 is 2.41 bits per heavy atom. The first kappa shape index (κ1) is 22.1. The fourth-order valence-electron chi connectivity index (χ4n) is 4.64. The molecule has 3 rings (SSSR count). The van der Waals surface area contributed by atoms with E-state index in [1.807, 2.05) is 7.05 Å². The Kier molecular flexibility index (Phi) is 8.81. The maximum absolute atomic E-state index is 4.43. The summed E-state index contributed by atoms with van der Waals surface area (Å²) in [7, 11) is 1.87. The van der Waals surface area contributed by atoms with Gasteiger partial charge in [0, 0.05) is 45.8 Å². The molecule has 0 amide bonds. The van der Waals surface area contributed by atoms with Gasteiger partial charge in [0.1, 0.15) is 0 Å². The molecule has 1 aromatic rings. The van der Waals surface area contributed by atoms with Crippen LogP contribution in [0.15, 0.2) is 29.3 Å². The molecule has 2 N–H and O–H groups in total. The van der Waals surface area contributed by atoms with Crippen LogP contribution in [0.5, 0.6) is 0 Å². The minimum atomic E-state index is 0.531. The molecule has 0 bridgehead atoms. The van der Waals surface area contributed by atoms with Crippen molar-refractivity contribution in [2.24, 2.45) is 10.9 Å². The van der Waals surface area contributed by atoms with E-state index in [9.17, 15) is 0 Å². The highest BCUT2D eigenvalue weighted by molar-refractivity contribution is 5.79. The SMILES string of the molecule is CCCN1CCC(NC(=NC)NCc2ccc(CN3CCCC(C)C3)cc2)CC1. The second-order valence-electron chi connectivity index (χ2n) is 8.99. The summed E-state index contributed by atoms with van der Waals surface area (Å²) in [6.45, 7) is 12.6. The Morgan fingerprint density at radius 1 is 1.03 bits per heavy atom. The fourth-order valence-corrected chi connectivity index (χ4v) is 4.64. The topological polar surface area (TPSA) is 42.9 Å². The molecule has 1 aromatic carbocycles. The van der Waals surface area contributed by atoms with Gasteiger partial charge < -0.3 is 15.5 Å². The van der Waals surface area contributed by atoms with E-state index in [-0.39, 0.29) is 0 Å². The van der Waals surface area contributed by atoms with Gasteiger partial charge in [0.05, 0.1) is 0 Å². The van der Waals surface area contributed by atoms with Crippen LogP contribution in [0.25, 0.3) is 0 Å². The van der Waals surface area contributed by atoms with Gasteiger partial charge in [0.15, 0.2) is 5.96 Å². The van der Waals surface area contributed by atoms with E-state index in [2.05, 4.69) is 63.5 Å². The van der Waals surface area contributed by atoms with Gasteiger partial charge in [-0.05, 0) is 62.2 Å². The molecule has 2 aliphatic rings. The normalized spacial score (nSPS) is 22.6. The summed E-state index contributed by atoms with van der Waals surface area (Å²) in [5.74, 6) is 1.76. The summed E-state index contributed by atoms with van der Waals surface area (Å²) >= 11 is 0. The zero-order valence-corrected chi connectivity index (χ0v) is 18.8. The Balaban J connectivity index is 1.40. The molecular weight excluding hydrogens is 358 g/mol. The standard InChI is InChI=1S/C24H41N5/c1-4-13-28-15-11-23(12-16-28)27-24(25-3)26-17-21-7-9-22(10-8-21)19-29-14-5-6-20(2)18-29/h7-10,20,23H,4-6,11-19H2,1-3H3,(H2,25,26,27). The number of piperidine rings is 2. The van der Waals surface area contributed by atoms with Gasteiger partial charge in [-0.1, -0.05) is 38.1 Å². The molecule has 2 saturated heterocycles. The van der Waals surface area contributed by atoms with E-state index < -0.39 is 0 Å². The molecule has 29 heavy (non-hydrogen) atoms. The quantitative estimate of drug-likeness (QED) is 0.544. The molecule has 5 nitrogen and oxygen atoms in total. The first-order valence-electron chi connectivity index (χ1n) is 11.7. The molecule has 162 valence electrons. The average Bonchev–Trinajstić information content (AvgIpc) is 2.74. The average molecular weight is 400 g/mol. The first-order valence-corrected chi connectivity index (χ1v) is 11.7. The molecule has 0 saturated carbocycles. The second kappa shape index (κ2) is 11.6. The Hall–Kier alpha value is -1.59. The largest absolute Gasteiger partial charge is 0.354 e. The minimum absolute atomic E-state index is 0.531. The van der Waals surface area contributed by atoms with Crippen molar-refractivity contribution in [1.29, 1.82) is 0 Å². The third-order valence-electron chi connectivity index (χ3n) is 6.32. The second-order valence-corrected chi connectivity index (χ2v) is 8.99. The lowest BCUT2D eigenvalue weighted by Crippen LogP contribution is -2.48. The summed E-state index contributed by atoms with van der Waals surface area (Å²) in [5, 5.41) is 7.10. The van der Waals surface area contributed by atoms with Crippen LogP contribution in [0.4, 0.5) is 0 Å². The van der Waals surface area contributed by atoms with Crippen LogP contribution >= 0.6 is 0 Å². The van der Waals surface area contributed by atoms with E-state index in [0.717, 1.165) is 25.0 Å². The van der Waals surface area contributed by atoms with Gasteiger partial charge in [-0.15, -0.1) is 0 Å². The van der Waals surface area contributed by atoms with Crippen LogP contribution in [0.1, 0.15) is 57.1 Å². The van der Waals surface area contributed by atoms with E-state index >= 15 is 0 Å². The van der Waals surface area contributed by atoms with Crippen molar-refractivity contribution >= 4 is 5.96 Å². The van der Waals surface area contributed by atoms with Crippen molar-refractivity contribution in [2.45, 2.75) is 65.1 Å². The minimum Gasteiger partial charge on any atom is -0.354 e. The van der Waals surface area contributed by atoms with Crippen molar-refractivity contribution in [1.82, 2.24) is 20.4 Å². The zero-order chi connectivity index (χ0) is 20.5. The maximum atomic E-state index is 4.43. The number of aliphatic imine (C=N–C) groups is 1. The van der Waals surface area contributed by atoms with E-state index in [0.29, 0.717) is 6.04 Å².